The summed E-state index contributed by atoms with van der Waals surface area (Å²) < 4.78 is 34.7. The molecule has 4 nitrogen and oxygen atoms in total. The largest absolute Gasteiger partial charge is 0.430 e. The summed E-state index contributed by atoms with van der Waals surface area (Å²) in [6.45, 7) is 0.718. The molecular weight excluding hydrogens is 163 g/mol. The van der Waals surface area contributed by atoms with Crippen molar-refractivity contribution < 1.29 is 18.0 Å². The molecule has 0 aromatic carbocycles. The maximum absolute atomic E-state index is 11.6. The fourth-order valence-corrected chi connectivity index (χ4v) is 0.202. The maximum atomic E-state index is 11.6. The second-order valence-electron chi connectivity index (χ2n) is 1.67. The van der Waals surface area contributed by atoms with Gasteiger partial charge in [-0.15, -0.1) is 0 Å². The number of hydrogen-bond acceptors (Lipinski definition) is 2. The quantitative estimate of drug-likeness (QED) is 0.437. The summed E-state index contributed by atoms with van der Waals surface area (Å²) in [4.78, 5) is 9.87. The lowest BCUT2D eigenvalue weighted by molar-refractivity contribution is -0.0595. The van der Waals surface area contributed by atoms with Crippen molar-refractivity contribution in [2.45, 2.75) is 13.1 Å². The van der Waals surface area contributed by atoms with E-state index in [9.17, 15) is 18.0 Å². The van der Waals surface area contributed by atoms with E-state index in [1.54, 1.807) is 0 Å². The fraction of sp³-hybridized carbons (Fsp3) is 0.500. The Morgan fingerprint density at radius 1 is 1.55 bits per heavy atom. The van der Waals surface area contributed by atoms with Gasteiger partial charge in [0.2, 0.25) is 0 Å². The number of primary amides is 1. The van der Waals surface area contributed by atoms with E-state index in [1.807, 2.05) is 0 Å². The monoisotopic (exact) mass is 169 g/mol. The van der Waals surface area contributed by atoms with Crippen LogP contribution in [0.15, 0.2) is 5.10 Å². The summed E-state index contributed by atoms with van der Waals surface area (Å²) >= 11 is 0. The predicted molar refractivity (Wildman–Crippen MR) is 31.9 cm³/mol. The number of amides is 2. The van der Waals surface area contributed by atoms with Gasteiger partial charge in [-0.3, -0.25) is 0 Å². The summed E-state index contributed by atoms with van der Waals surface area (Å²) in [5, 5.41) is 2.66. The van der Waals surface area contributed by atoms with Gasteiger partial charge in [-0.1, -0.05) is 0 Å². The Morgan fingerprint density at radius 2 is 2.00 bits per heavy atom. The normalized spacial score (nSPS) is 12.9. The summed E-state index contributed by atoms with van der Waals surface area (Å²) in [5.74, 6) is 0. The lowest BCUT2D eigenvalue weighted by Crippen LogP contribution is -2.29. The van der Waals surface area contributed by atoms with E-state index in [4.69, 9.17) is 0 Å². The van der Waals surface area contributed by atoms with Crippen LogP contribution in [0.5, 0.6) is 0 Å². The van der Waals surface area contributed by atoms with Gasteiger partial charge in [0.25, 0.3) is 0 Å². The van der Waals surface area contributed by atoms with Crippen molar-refractivity contribution in [3.63, 3.8) is 0 Å². The van der Waals surface area contributed by atoms with E-state index in [0.717, 1.165) is 6.92 Å². The van der Waals surface area contributed by atoms with Crippen molar-refractivity contribution in [3.8, 4) is 0 Å². The number of rotatable bonds is 1. The molecule has 64 valence electrons. The lowest BCUT2D eigenvalue weighted by atomic mass is 10.4. The minimum atomic E-state index is -4.53. The molecule has 0 unspecified atom stereocenters. The molecule has 0 fully saturated rings. The summed E-state index contributed by atoms with van der Waals surface area (Å²) in [5.41, 5.74) is 4.76. The van der Waals surface area contributed by atoms with E-state index in [0.29, 0.717) is 0 Å². The number of nitrogens with zero attached hydrogens (tertiary/aromatic N) is 1. The van der Waals surface area contributed by atoms with Gasteiger partial charge in [-0.2, -0.15) is 18.3 Å². The number of urea groups is 1. The molecule has 7 heteroatoms. The van der Waals surface area contributed by atoms with Crippen LogP contribution in [0.3, 0.4) is 0 Å². The number of alkyl halides is 3. The van der Waals surface area contributed by atoms with Crippen molar-refractivity contribution in [2.75, 3.05) is 0 Å². The molecule has 3 N–H and O–H groups in total. The topological polar surface area (TPSA) is 67.5 Å². The third kappa shape index (κ3) is 4.18. The lowest BCUT2D eigenvalue weighted by Gasteiger charge is -2.03. The molecule has 0 heterocycles. The second kappa shape index (κ2) is 3.22. The van der Waals surface area contributed by atoms with Crippen LogP contribution in [0.1, 0.15) is 6.92 Å². The first-order valence-electron chi connectivity index (χ1n) is 2.51. The summed E-state index contributed by atoms with van der Waals surface area (Å²) in [7, 11) is 0. The Labute approximate surface area is 60.2 Å². The van der Waals surface area contributed by atoms with Crippen molar-refractivity contribution in [1.82, 2.24) is 5.43 Å². The van der Waals surface area contributed by atoms with Crippen LogP contribution in [0.2, 0.25) is 0 Å². The molecule has 0 rings (SSSR count). The standard InChI is InChI=1S/C4H6F3N3O/c1-2(4(5,6)7)9-10-3(8)11/h1H3,(H3,8,10,11). The van der Waals surface area contributed by atoms with E-state index >= 15 is 0 Å². The van der Waals surface area contributed by atoms with Gasteiger partial charge in [0, 0.05) is 0 Å². The minimum absolute atomic E-state index is 0.718. The molecule has 0 aliphatic carbocycles. The molecule has 0 saturated carbocycles. The number of nitrogens with one attached hydrogen (secondary N) is 1. The maximum Gasteiger partial charge on any atom is 0.430 e. The Morgan fingerprint density at radius 3 is 2.27 bits per heavy atom. The highest BCUT2D eigenvalue weighted by atomic mass is 19.4. The van der Waals surface area contributed by atoms with Crippen LogP contribution < -0.4 is 11.2 Å². The Balaban J connectivity index is 4.12. The fourth-order valence-electron chi connectivity index (χ4n) is 0.202. The number of hydrazone groups is 1. The molecule has 0 aromatic heterocycles. The Kier molecular flexibility index (Phi) is 2.85. The number of hydrogen-bond donors (Lipinski definition) is 2. The molecule has 2 amide bonds. The van der Waals surface area contributed by atoms with E-state index in [-0.39, 0.29) is 0 Å². The molecule has 0 bridgehead atoms. The van der Waals surface area contributed by atoms with Crippen LogP contribution >= 0.6 is 0 Å². The van der Waals surface area contributed by atoms with Gasteiger partial charge in [-0.05, 0) is 6.92 Å². The zero-order valence-corrected chi connectivity index (χ0v) is 5.57. The van der Waals surface area contributed by atoms with Gasteiger partial charge in [0.1, 0.15) is 5.71 Å². The average Bonchev–Trinajstić information content (AvgIpc) is 1.80. The molecule has 0 atom stereocenters. The van der Waals surface area contributed by atoms with Crippen LogP contribution in [-0.4, -0.2) is 17.9 Å². The minimum Gasteiger partial charge on any atom is -0.350 e. The molecule has 0 saturated heterocycles. The molecule has 0 aromatic rings. The van der Waals surface area contributed by atoms with Crippen molar-refractivity contribution >= 4 is 11.7 Å². The summed E-state index contributed by atoms with van der Waals surface area (Å²) in [6.07, 6.45) is -4.53. The van der Waals surface area contributed by atoms with Crippen LogP contribution in [0.25, 0.3) is 0 Å². The van der Waals surface area contributed by atoms with E-state index in [1.165, 1.54) is 5.43 Å². The average molecular weight is 169 g/mol. The van der Waals surface area contributed by atoms with Crippen molar-refractivity contribution in [2.24, 2.45) is 10.8 Å². The highest BCUT2D eigenvalue weighted by Crippen LogP contribution is 2.15. The third-order valence-corrected chi connectivity index (χ3v) is 0.744. The molecule has 0 radical (unpaired) electrons. The summed E-state index contributed by atoms with van der Waals surface area (Å²) in [6, 6.07) is -1.13. The zero-order chi connectivity index (χ0) is 9.07. The SMILES string of the molecule is CC(=NNC(N)=O)C(F)(F)F. The van der Waals surface area contributed by atoms with Gasteiger partial charge in [0.15, 0.2) is 0 Å². The second-order valence-corrected chi connectivity index (χ2v) is 1.67. The highest BCUT2D eigenvalue weighted by Gasteiger charge is 2.32. The van der Waals surface area contributed by atoms with Crippen molar-refractivity contribution in [3.05, 3.63) is 0 Å². The van der Waals surface area contributed by atoms with E-state index < -0.39 is 17.9 Å². The van der Waals surface area contributed by atoms with Gasteiger partial charge >= 0.3 is 12.2 Å². The van der Waals surface area contributed by atoms with Gasteiger partial charge in [-0.25, -0.2) is 10.2 Å². The van der Waals surface area contributed by atoms with Gasteiger partial charge in [0.05, 0.1) is 0 Å². The Hall–Kier alpha value is -1.27. The first kappa shape index (κ1) is 9.73. The number of carbonyl (C=O) groups excluding carboxylic acids is 1. The number of nitrogens with two attached hydrogens (primary N) is 1. The molecule has 0 aliphatic rings. The molecule has 11 heavy (non-hydrogen) atoms. The highest BCUT2D eigenvalue weighted by molar-refractivity contribution is 5.88. The Bertz CT molecular complexity index is 186. The van der Waals surface area contributed by atoms with Crippen LogP contribution in [0.4, 0.5) is 18.0 Å². The molecule has 0 aliphatic heterocycles. The number of carbonyl (C=O) groups is 1. The third-order valence-electron chi connectivity index (χ3n) is 0.744. The smallest absolute Gasteiger partial charge is 0.350 e. The zero-order valence-electron chi connectivity index (χ0n) is 5.57. The first-order chi connectivity index (χ1) is 4.84. The van der Waals surface area contributed by atoms with Crippen LogP contribution in [0, 0.1) is 0 Å². The van der Waals surface area contributed by atoms with E-state index in [2.05, 4.69) is 10.8 Å². The number of halogens is 3. The molecular formula is C4H6F3N3O. The first-order valence-corrected chi connectivity index (χ1v) is 2.51. The molecule has 0 spiro atoms. The van der Waals surface area contributed by atoms with Crippen molar-refractivity contribution in [1.29, 1.82) is 0 Å². The van der Waals surface area contributed by atoms with Gasteiger partial charge < -0.3 is 5.73 Å². The van der Waals surface area contributed by atoms with Crippen LogP contribution in [-0.2, 0) is 0 Å². The predicted octanol–water partition coefficient (Wildman–Crippen LogP) is 0.593.